The van der Waals surface area contributed by atoms with Crippen LogP contribution in [0.25, 0.3) is 31.9 Å². The van der Waals surface area contributed by atoms with Crippen LogP contribution in [-0.2, 0) is 27.1 Å². The first kappa shape index (κ1) is 54.3. The maximum absolute atomic E-state index is 2.67. The van der Waals surface area contributed by atoms with Crippen LogP contribution in [0.15, 0.2) is 200 Å². The van der Waals surface area contributed by atoms with Crippen molar-refractivity contribution in [3.8, 4) is 22.3 Å². The number of nitrogens with zero attached hydrogens (tertiary/aromatic N) is 3. The Kier molecular flexibility index (Phi) is 13.2. The molecule has 81 heavy (non-hydrogen) atoms. The van der Waals surface area contributed by atoms with Crippen LogP contribution < -0.4 is 30.0 Å². The average molecular weight is 1120 g/mol. The molecule has 1 aromatic heterocycles. The standard InChI is InChI=1S/C76H78BN3Se/c1-72(2,3)52-26-34-57(35-27-52)78(64-42-32-55(75(10,11)12)46-61(64)50-24-20-17-21-25-50)60-40-41-63-65(48-60)79(58-36-28-53(29-37-58)73(4,5)6)66-44-51(49-22-18-16-19-23-49)45-67-69(66)77(63)71-70(62-47-56(76(13,14)15)33-43-68(62)81-71)80(67)59-38-30-54(31-39-59)74(7,8)9/h16-48H,1-15H3. The van der Waals surface area contributed by atoms with Crippen molar-refractivity contribution in [3.63, 3.8) is 0 Å². The predicted octanol–water partition coefficient (Wildman–Crippen LogP) is 19.3. The molecule has 0 spiro atoms. The van der Waals surface area contributed by atoms with Crippen molar-refractivity contribution >= 4 is 97.3 Å². The molecule has 0 aliphatic carbocycles. The van der Waals surface area contributed by atoms with E-state index in [0.29, 0.717) is 0 Å². The van der Waals surface area contributed by atoms with Gasteiger partial charge >= 0.3 is 446 Å². The summed E-state index contributed by atoms with van der Waals surface area (Å²) in [5, 5.41) is 1.37. The summed E-state index contributed by atoms with van der Waals surface area (Å²) in [7, 11) is 0. The van der Waals surface area contributed by atoms with Crippen molar-refractivity contribution in [2.45, 2.75) is 131 Å². The number of hydrogen-bond donors (Lipinski definition) is 0. The van der Waals surface area contributed by atoms with Gasteiger partial charge in [-0.3, -0.25) is 0 Å². The van der Waals surface area contributed by atoms with E-state index in [2.05, 4.69) is 319 Å². The molecule has 0 amide bonds. The zero-order chi connectivity index (χ0) is 57.1. The van der Waals surface area contributed by atoms with Gasteiger partial charge in [0, 0.05) is 0 Å². The van der Waals surface area contributed by atoms with Crippen molar-refractivity contribution < 1.29 is 0 Å². The fourth-order valence-corrected chi connectivity index (χ4v) is 14.9. The molecule has 3 heterocycles. The molecule has 5 heteroatoms. The van der Waals surface area contributed by atoms with Crippen LogP contribution in [-0.4, -0.2) is 21.2 Å². The molecule has 0 saturated heterocycles. The molecule has 406 valence electrons. The Bertz CT molecular complexity index is 3990. The molecule has 0 radical (unpaired) electrons. The molecule has 0 saturated carbocycles. The van der Waals surface area contributed by atoms with E-state index in [4.69, 9.17) is 0 Å². The molecule has 0 atom stereocenters. The van der Waals surface area contributed by atoms with E-state index in [0.717, 1.165) is 22.7 Å². The van der Waals surface area contributed by atoms with Crippen molar-refractivity contribution in [2.24, 2.45) is 0 Å². The Morgan fingerprint density at radius 3 is 1.37 bits per heavy atom. The molecular weight excluding hydrogens is 1040 g/mol. The van der Waals surface area contributed by atoms with Gasteiger partial charge in [-0.2, -0.15) is 0 Å². The maximum atomic E-state index is 2.67. The van der Waals surface area contributed by atoms with Crippen molar-refractivity contribution in [1.29, 1.82) is 0 Å². The molecule has 9 aromatic carbocycles. The quantitative estimate of drug-likeness (QED) is 0.147. The fourth-order valence-electron chi connectivity index (χ4n) is 12.2. The molecule has 0 fully saturated rings. The molecular formula is C76H78BN3Se. The van der Waals surface area contributed by atoms with Crippen LogP contribution in [0.5, 0.6) is 0 Å². The van der Waals surface area contributed by atoms with Gasteiger partial charge in [0.15, 0.2) is 0 Å². The summed E-state index contributed by atoms with van der Waals surface area (Å²) in [5.74, 6) is 0. The number of anilines is 9. The first-order valence-corrected chi connectivity index (χ1v) is 30.9. The minimum absolute atomic E-state index is 0.00131. The monoisotopic (exact) mass is 1120 g/mol. The van der Waals surface area contributed by atoms with Gasteiger partial charge in [-0.15, -0.1) is 0 Å². The predicted molar refractivity (Wildman–Crippen MR) is 354 cm³/mol. The SMILES string of the molecule is CC(C)(C)c1ccc(N(c2ccc3c(c2)N(c2ccc(C(C)(C)C)cc2)c2cc(-c4ccccc4)cc4c2B3c2[se]c3ccc(C(C)(C)C)cc3c2N4c2ccc(C(C)(C)C)cc2)c2ccc(C(C)(C)C)cc2-c2ccccc2)cc1. The first-order chi connectivity index (χ1) is 38.3. The molecule has 0 unspecified atom stereocenters. The van der Waals surface area contributed by atoms with Crippen LogP contribution in [0.2, 0.25) is 0 Å². The Balaban J connectivity index is 1.19. The Labute approximate surface area is 490 Å². The van der Waals surface area contributed by atoms with E-state index in [1.807, 2.05) is 0 Å². The van der Waals surface area contributed by atoms with Gasteiger partial charge in [0.05, 0.1) is 0 Å². The summed E-state index contributed by atoms with van der Waals surface area (Å²) in [6.45, 7) is 34.8. The van der Waals surface area contributed by atoms with Crippen molar-refractivity contribution in [2.75, 3.05) is 14.7 Å². The molecule has 2 aliphatic rings. The van der Waals surface area contributed by atoms with Crippen LogP contribution in [0.3, 0.4) is 0 Å². The molecule has 12 rings (SSSR count). The Hall–Kier alpha value is -7.30. The van der Waals surface area contributed by atoms with Crippen LogP contribution in [0.4, 0.5) is 51.2 Å². The summed E-state index contributed by atoms with van der Waals surface area (Å²) >= 11 is 0.0368. The van der Waals surface area contributed by atoms with Gasteiger partial charge in [-0.25, -0.2) is 0 Å². The van der Waals surface area contributed by atoms with Crippen molar-refractivity contribution in [3.05, 3.63) is 228 Å². The summed E-state index contributed by atoms with van der Waals surface area (Å²) in [5.41, 5.74) is 24.7. The summed E-state index contributed by atoms with van der Waals surface area (Å²) < 4.78 is 2.96. The number of rotatable bonds is 7. The molecule has 2 aliphatic heterocycles. The second-order valence-corrected chi connectivity index (χ2v) is 30.3. The van der Waals surface area contributed by atoms with Crippen LogP contribution in [0.1, 0.15) is 132 Å². The normalized spacial score (nSPS) is 13.5. The zero-order valence-electron chi connectivity index (χ0n) is 50.4. The van der Waals surface area contributed by atoms with Gasteiger partial charge in [-0.05, 0) is 0 Å². The third kappa shape index (κ3) is 9.89. The summed E-state index contributed by atoms with van der Waals surface area (Å²) in [4.78, 5) is 7.81. The summed E-state index contributed by atoms with van der Waals surface area (Å²) in [6.07, 6.45) is 0. The molecule has 0 N–H and O–H groups in total. The van der Waals surface area contributed by atoms with E-state index in [-0.39, 0.29) is 48.3 Å². The first-order valence-electron chi connectivity index (χ1n) is 29.2. The second kappa shape index (κ2) is 19.7. The van der Waals surface area contributed by atoms with E-state index in [1.54, 1.807) is 0 Å². The van der Waals surface area contributed by atoms with E-state index in [9.17, 15) is 0 Å². The Morgan fingerprint density at radius 1 is 0.370 bits per heavy atom. The van der Waals surface area contributed by atoms with Gasteiger partial charge in [0.1, 0.15) is 0 Å². The third-order valence-electron chi connectivity index (χ3n) is 17.0. The molecule has 10 aromatic rings. The van der Waals surface area contributed by atoms with E-state index < -0.39 is 0 Å². The summed E-state index contributed by atoms with van der Waals surface area (Å²) in [6, 6.07) is 77.4. The number of hydrogen-bond acceptors (Lipinski definition) is 3. The van der Waals surface area contributed by atoms with Gasteiger partial charge < -0.3 is 0 Å². The molecule has 0 bridgehead atoms. The average Bonchev–Trinajstić information content (AvgIpc) is 2.22. The fraction of sp³-hybridized carbons (Fsp3) is 0.263. The second-order valence-electron chi connectivity index (χ2n) is 28.0. The van der Waals surface area contributed by atoms with E-state index >= 15 is 0 Å². The minimum atomic E-state index is -0.0460. The topological polar surface area (TPSA) is 9.72 Å². The van der Waals surface area contributed by atoms with Crippen LogP contribution in [0, 0.1) is 0 Å². The van der Waals surface area contributed by atoms with Gasteiger partial charge in [0.2, 0.25) is 0 Å². The van der Waals surface area contributed by atoms with Gasteiger partial charge in [-0.1, -0.05) is 47.6 Å². The third-order valence-corrected chi connectivity index (χ3v) is 19.6. The number of fused-ring (bicyclic) bond motifs is 6. The van der Waals surface area contributed by atoms with Gasteiger partial charge in [0.25, 0.3) is 0 Å². The zero-order valence-corrected chi connectivity index (χ0v) is 52.1. The Morgan fingerprint density at radius 2 is 0.827 bits per heavy atom. The molecule has 3 nitrogen and oxygen atoms in total. The van der Waals surface area contributed by atoms with Crippen molar-refractivity contribution in [1.82, 2.24) is 0 Å². The number of benzene rings is 9. The van der Waals surface area contributed by atoms with Crippen LogP contribution >= 0.6 is 0 Å². The van der Waals surface area contributed by atoms with E-state index in [1.165, 1.54) is 103 Å².